The summed E-state index contributed by atoms with van der Waals surface area (Å²) in [5, 5.41) is 15.3. The molecule has 0 bridgehead atoms. The van der Waals surface area contributed by atoms with Gasteiger partial charge in [-0.3, -0.25) is 4.79 Å². The molecule has 4 nitrogen and oxygen atoms in total. The summed E-state index contributed by atoms with van der Waals surface area (Å²) >= 11 is 0. The first-order valence-electron chi connectivity index (χ1n) is 9.52. The van der Waals surface area contributed by atoms with Gasteiger partial charge in [-0.2, -0.15) is 5.26 Å². The first-order valence-corrected chi connectivity index (χ1v) is 9.52. The number of carbonyl (C=O) groups is 1. The predicted molar refractivity (Wildman–Crippen MR) is 110 cm³/mol. The smallest absolute Gasteiger partial charge is 0.238 e. The molecule has 2 aromatic carbocycles. The van der Waals surface area contributed by atoms with E-state index in [9.17, 15) is 4.79 Å². The van der Waals surface area contributed by atoms with Crippen LogP contribution in [0.5, 0.6) is 0 Å². The second-order valence-corrected chi connectivity index (χ2v) is 7.65. The lowest BCUT2D eigenvalue weighted by molar-refractivity contribution is -0.115. The number of anilines is 1. The lowest BCUT2D eigenvalue weighted by atomic mass is 9.93. The first kappa shape index (κ1) is 20.7. The summed E-state index contributed by atoms with van der Waals surface area (Å²) in [6.07, 6.45) is 1.07. The number of benzene rings is 2. The third-order valence-corrected chi connectivity index (χ3v) is 4.45. The zero-order valence-corrected chi connectivity index (χ0v) is 16.6. The Morgan fingerprint density at radius 3 is 2.30 bits per heavy atom. The van der Waals surface area contributed by atoms with Gasteiger partial charge in [0.2, 0.25) is 5.91 Å². The molecule has 1 atom stereocenters. The average molecular weight is 364 g/mol. The Kier molecular flexibility index (Phi) is 7.57. The van der Waals surface area contributed by atoms with Gasteiger partial charge in [-0.25, -0.2) is 0 Å². The Morgan fingerprint density at radius 2 is 1.70 bits per heavy atom. The molecule has 0 fully saturated rings. The van der Waals surface area contributed by atoms with Gasteiger partial charge in [0.25, 0.3) is 0 Å². The van der Waals surface area contributed by atoms with Gasteiger partial charge in [0.15, 0.2) is 0 Å². The molecule has 27 heavy (non-hydrogen) atoms. The molecule has 4 heteroatoms. The molecule has 0 saturated carbocycles. The highest BCUT2D eigenvalue weighted by Crippen LogP contribution is 2.23. The zero-order valence-electron chi connectivity index (χ0n) is 16.6. The summed E-state index contributed by atoms with van der Waals surface area (Å²) in [6, 6.07) is 17.9. The summed E-state index contributed by atoms with van der Waals surface area (Å²) < 4.78 is 0. The molecule has 0 spiro atoms. The molecule has 2 rings (SSSR count). The minimum Gasteiger partial charge on any atom is -0.324 e. The van der Waals surface area contributed by atoms with E-state index >= 15 is 0 Å². The number of nitrogens with zero attached hydrogens (tertiary/aromatic N) is 1. The fraction of sp³-hybridized carbons (Fsp3) is 0.391. The van der Waals surface area contributed by atoms with E-state index < -0.39 is 0 Å². The van der Waals surface area contributed by atoms with E-state index in [4.69, 9.17) is 5.26 Å². The number of para-hydroxylation sites is 1. The number of nitrogens with one attached hydrogen (secondary N) is 2. The molecule has 0 saturated heterocycles. The van der Waals surface area contributed by atoms with E-state index in [0.717, 1.165) is 6.42 Å². The maximum atomic E-state index is 12.3. The molecule has 0 aliphatic heterocycles. The van der Waals surface area contributed by atoms with Crippen LogP contribution in [-0.2, 0) is 11.2 Å². The lowest BCUT2D eigenvalue weighted by Gasteiger charge is -2.23. The third kappa shape index (κ3) is 6.23. The lowest BCUT2D eigenvalue weighted by Crippen LogP contribution is -2.33. The van der Waals surface area contributed by atoms with E-state index in [0.29, 0.717) is 23.1 Å². The van der Waals surface area contributed by atoms with Crippen molar-refractivity contribution in [2.45, 2.75) is 40.2 Å². The number of carbonyl (C=O) groups excluding carboxylic acids is 1. The molecule has 0 unspecified atom stereocenters. The van der Waals surface area contributed by atoms with E-state index in [1.165, 1.54) is 11.1 Å². The minimum atomic E-state index is -0.153. The van der Waals surface area contributed by atoms with Crippen molar-refractivity contribution in [2.75, 3.05) is 11.9 Å². The number of amides is 1. The Bertz CT molecular complexity index is 788. The summed E-state index contributed by atoms with van der Waals surface area (Å²) in [6.45, 7) is 8.91. The van der Waals surface area contributed by atoms with E-state index in [-0.39, 0.29) is 18.5 Å². The normalized spacial score (nSPS) is 12.0. The van der Waals surface area contributed by atoms with Crippen molar-refractivity contribution < 1.29 is 4.79 Å². The molecule has 2 aromatic rings. The standard InChI is InChI=1S/C23H29N3O/c1-16(2)13-18-9-11-19(12-10-18)23(17(3)4)25-15-22(27)26-21-8-6-5-7-20(21)14-24/h5-12,16-17,23,25H,13,15H2,1-4H3,(H,26,27)/t23-/m0/s1. The maximum Gasteiger partial charge on any atom is 0.238 e. The number of hydrogen-bond acceptors (Lipinski definition) is 3. The predicted octanol–water partition coefficient (Wildman–Crippen LogP) is 4.68. The van der Waals surface area contributed by atoms with Crippen LogP contribution in [0.3, 0.4) is 0 Å². The van der Waals surface area contributed by atoms with Crippen molar-refractivity contribution in [3.63, 3.8) is 0 Å². The molecule has 0 aliphatic rings. The Hall–Kier alpha value is -2.64. The fourth-order valence-corrected chi connectivity index (χ4v) is 3.16. The molecule has 0 heterocycles. The average Bonchev–Trinajstić information content (AvgIpc) is 2.63. The fourth-order valence-electron chi connectivity index (χ4n) is 3.16. The van der Waals surface area contributed by atoms with Crippen molar-refractivity contribution in [1.29, 1.82) is 5.26 Å². The summed E-state index contributed by atoms with van der Waals surface area (Å²) in [5.74, 6) is 0.828. The molecular formula is C23H29N3O. The molecule has 0 aliphatic carbocycles. The highest BCUT2D eigenvalue weighted by Gasteiger charge is 2.17. The van der Waals surface area contributed by atoms with E-state index in [1.807, 2.05) is 0 Å². The second kappa shape index (κ2) is 9.89. The van der Waals surface area contributed by atoms with Gasteiger partial charge >= 0.3 is 0 Å². The van der Waals surface area contributed by atoms with Gasteiger partial charge < -0.3 is 10.6 Å². The van der Waals surface area contributed by atoms with Crippen LogP contribution in [0.15, 0.2) is 48.5 Å². The van der Waals surface area contributed by atoms with Gasteiger partial charge in [-0.15, -0.1) is 0 Å². The van der Waals surface area contributed by atoms with Crippen LogP contribution in [0.1, 0.15) is 50.4 Å². The van der Waals surface area contributed by atoms with E-state index in [2.05, 4.69) is 68.7 Å². The van der Waals surface area contributed by atoms with Crippen LogP contribution in [0.4, 0.5) is 5.69 Å². The SMILES string of the molecule is CC(C)Cc1ccc([C@@H](NCC(=O)Nc2ccccc2C#N)C(C)C)cc1. The van der Waals surface area contributed by atoms with Crippen LogP contribution in [-0.4, -0.2) is 12.5 Å². The van der Waals surface area contributed by atoms with Crippen molar-refractivity contribution in [2.24, 2.45) is 11.8 Å². The number of nitriles is 1. The van der Waals surface area contributed by atoms with Crippen molar-refractivity contribution in [3.05, 3.63) is 65.2 Å². The third-order valence-electron chi connectivity index (χ3n) is 4.45. The minimum absolute atomic E-state index is 0.0926. The van der Waals surface area contributed by atoms with Crippen molar-refractivity contribution >= 4 is 11.6 Å². The van der Waals surface area contributed by atoms with Crippen LogP contribution in [0.25, 0.3) is 0 Å². The summed E-state index contributed by atoms with van der Waals surface area (Å²) in [5.41, 5.74) is 3.53. The topological polar surface area (TPSA) is 64.9 Å². The molecule has 2 N–H and O–H groups in total. The largest absolute Gasteiger partial charge is 0.324 e. The number of hydrogen-bond donors (Lipinski definition) is 2. The Balaban J connectivity index is 2.00. The van der Waals surface area contributed by atoms with Gasteiger partial charge in [-0.05, 0) is 41.5 Å². The Morgan fingerprint density at radius 1 is 1.04 bits per heavy atom. The highest BCUT2D eigenvalue weighted by atomic mass is 16.1. The first-order chi connectivity index (χ1) is 12.9. The summed E-state index contributed by atoms with van der Waals surface area (Å²) in [7, 11) is 0. The zero-order chi connectivity index (χ0) is 19.8. The van der Waals surface area contributed by atoms with Crippen LogP contribution >= 0.6 is 0 Å². The van der Waals surface area contributed by atoms with Crippen LogP contribution in [0, 0.1) is 23.2 Å². The van der Waals surface area contributed by atoms with Gasteiger partial charge in [0.1, 0.15) is 6.07 Å². The molecule has 142 valence electrons. The van der Waals surface area contributed by atoms with Crippen molar-refractivity contribution in [3.8, 4) is 6.07 Å². The molecule has 0 aromatic heterocycles. The summed E-state index contributed by atoms with van der Waals surface area (Å²) in [4.78, 5) is 12.3. The van der Waals surface area contributed by atoms with Crippen LogP contribution < -0.4 is 10.6 Å². The highest BCUT2D eigenvalue weighted by molar-refractivity contribution is 5.93. The van der Waals surface area contributed by atoms with Gasteiger partial charge in [0, 0.05) is 6.04 Å². The second-order valence-electron chi connectivity index (χ2n) is 7.65. The van der Waals surface area contributed by atoms with Gasteiger partial charge in [-0.1, -0.05) is 64.1 Å². The van der Waals surface area contributed by atoms with Crippen molar-refractivity contribution in [1.82, 2.24) is 5.32 Å². The quantitative estimate of drug-likeness (QED) is 0.715. The molecule has 0 radical (unpaired) electrons. The van der Waals surface area contributed by atoms with Gasteiger partial charge in [0.05, 0.1) is 17.8 Å². The molecular weight excluding hydrogens is 334 g/mol. The number of rotatable bonds is 8. The van der Waals surface area contributed by atoms with E-state index in [1.54, 1.807) is 24.3 Å². The maximum absolute atomic E-state index is 12.3. The molecule has 1 amide bonds. The Labute approximate surface area is 162 Å². The monoisotopic (exact) mass is 363 g/mol. The van der Waals surface area contributed by atoms with Crippen LogP contribution in [0.2, 0.25) is 0 Å².